The molecule has 1 N–H and O–H groups in total. The summed E-state index contributed by atoms with van der Waals surface area (Å²) >= 11 is 0. The highest BCUT2D eigenvalue weighted by Gasteiger charge is 2.22. The van der Waals surface area contributed by atoms with Crippen molar-refractivity contribution in [3.63, 3.8) is 0 Å². The third-order valence-electron chi connectivity index (χ3n) is 6.98. The minimum atomic E-state index is -0.280. The summed E-state index contributed by atoms with van der Waals surface area (Å²) in [6.45, 7) is 12.7. The van der Waals surface area contributed by atoms with Crippen LogP contribution in [0.2, 0.25) is 0 Å². The summed E-state index contributed by atoms with van der Waals surface area (Å²) in [4.78, 5) is 13.6. The lowest BCUT2D eigenvalue weighted by atomic mass is 10.0. The van der Waals surface area contributed by atoms with Crippen molar-refractivity contribution in [2.75, 3.05) is 37.6 Å². The fourth-order valence-corrected chi connectivity index (χ4v) is 4.74. The number of pyridine rings is 2. The molecule has 0 radical (unpaired) electrons. The van der Waals surface area contributed by atoms with Crippen molar-refractivity contribution < 1.29 is 5.11 Å². The van der Waals surface area contributed by atoms with E-state index in [-0.39, 0.29) is 12.0 Å². The molecular weight excluding hydrogens is 452 g/mol. The largest absolute Gasteiger partial charge is 0.392 e. The Morgan fingerprint density at radius 2 is 1.81 bits per heavy atom. The number of piperazine rings is 1. The van der Waals surface area contributed by atoms with Gasteiger partial charge in [0.05, 0.1) is 30.6 Å². The summed E-state index contributed by atoms with van der Waals surface area (Å²) < 4.78 is 3.71. The van der Waals surface area contributed by atoms with Crippen LogP contribution in [0.4, 0.5) is 5.82 Å². The van der Waals surface area contributed by atoms with Crippen LogP contribution in [0.3, 0.4) is 0 Å². The average Bonchev–Trinajstić information content (AvgIpc) is 3.50. The fourth-order valence-electron chi connectivity index (χ4n) is 4.74. The van der Waals surface area contributed by atoms with Crippen molar-refractivity contribution in [2.24, 2.45) is 18.0 Å². The second-order valence-electron chi connectivity index (χ2n) is 9.89. The highest BCUT2D eigenvalue weighted by Crippen LogP contribution is 2.32. The van der Waals surface area contributed by atoms with Crippen LogP contribution in [-0.4, -0.2) is 79.9 Å². The Labute approximate surface area is 211 Å². The van der Waals surface area contributed by atoms with Gasteiger partial charge in [0.1, 0.15) is 5.82 Å². The lowest BCUT2D eigenvalue weighted by Crippen LogP contribution is -2.49. The zero-order valence-corrected chi connectivity index (χ0v) is 21.2. The van der Waals surface area contributed by atoms with Gasteiger partial charge >= 0.3 is 0 Å². The molecule has 0 aliphatic carbocycles. The number of rotatable bonds is 8. The second-order valence-corrected chi connectivity index (χ2v) is 9.89. The molecule has 1 unspecified atom stereocenters. The molecule has 4 aromatic rings. The van der Waals surface area contributed by atoms with Gasteiger partial charge in [-0.3, -0.25) is 14.6 Å². The molecule has 1 saturated heterocycles. The molecule has 9 heteroatoms. The minimum Gasteiger partial charge on any atom is -0.392 e. The molecule has 188 valence electrons. The van der Waals surface area contributed by atoms with Gasteiger partial charge in [-0.25, -0.2) is 9.50 Å². The second kappa shape index (κ2) is 10.2. The van der Waals surface area contributed by atoms with Gasteiger partial charge in [0, 0.05) is 86.2 Å². The number of aryl methyl sites for hydroxylation is 1. The van der Waals surface area contributed by atoms with Crippen LogP contribution in [0.1, 0.15) is 19.4 Å². The molecule has 5 heterocycles. The van der Waals surface area contributed by atoms with Gasteiger partial charge in [-0.15, -0.1) is 0 Å². The highest BCUT2D eigenvalue weighted by atomic mass is 16.3. The van der Waals surface area contributed by atoms with Crippen LogP contribution in [-0.2, 0) is 13.6 Å². The maximum atomic E-state index is 10.2. The molecule has 9 nitrogen and oxygen atoms in total. The lowest BCUT2D eigenvalue weighted by molar-refractivity contribution is 0.0739. The quantitative estimate of drug-likeness (QED) is 0.385. The molecule has 1 aliphatic rings. The standard InChI is InChI=1S/C27H34N8O/c1-19(2)25(36)18-33-7-9-34(10-8-33)26-6-5-20(13-29-26)24-11-21(23-15-30-32(4)16-23)17-35-27(24)22(12-28-3)14-31-35/h5-6,11,13-17,19,25,36H,3,7-10,12,18H2,1-2,4H3. The minimum absolute atomic E-state index is 0.277. The van der Waals surface area contributed by atoms with Crippen molar-refractivity contribution in [2.45, 2.75) is 26.5 Å². The van der Waals surface area contributed by atoms with E-state index in [4.69, 9.17) is 4.98 Å². The molecule has 4 aromatic heterocycles. The van der Waals surface area contributed by atoms with E-state index in [1.807, 2.05) is 42.5 Å². The summed E-state index contributed by atoms with van der Waals surface area (Å²) in [5.41, 5.74) is 6.20. The van der Waals surface area contributed by atoms with Crippen LogP contribution < -0.4 is 4.90 Å². The topological polar surface area (TPSA) is 87.1 Å². The molecule has 0 bridgehead atoms. The fraction of sp³-hybridized carbons (Fsp3) is 0.407. The molecule has 5 rings (SSSR count). The van der Waals surface area contributed by atoms with Crippen molar-refractivity contribution in [1.29, 1.82) is 0 Å². The number of aliphatic imine (C=N–C) groups is 1. The predicted octanol–water partition coefficient (Wildman–Crippen LogP) is 3.14. The first-order valence-corrected chi connectivity index (χ1v) is 12.5. The first-order chi connectivity index (χ1) is 17.4. The molecule has 0 amide bonds. The number of anilines is 1. The third-order valence-corrected chi connectivity index (χ3v) is 6.98. The molecule has 0 spiro atoms. The maximum absolute atomic E-state index is 10.2. The van der Waals surface area contributed by atoms with E-state index in [0.29, 0.717) is 6.54 Å². The van der Waals surface area contributed by atoms with Gasteiger partial charge < -0.3 is 10.0 Å². The summed E-state index contributed by atoms with van der Waals surface area (Å²) in [5.74, 6) is 1.25. The summed E-state index contributed by atoms with van der Waals surface area (Å²) in [5, 5.41) is 19.1. The predicted molar refractivity (Wildman–Crippen MR) is 143 cm³/mol. The van der Waals surface area contributed by atoms with Crippen LogP contribution in [0.5, 0.6) is 0 Å². The molecule has 0 saturated carbocycles. The number of hydrogen-bond acceptors (Lipinski definition) is 7. The van der Waals surface area contributed by atoms with Gasteiger partial charge in [0.25, 0.3) is 0 Å². The monoisotopic (exact) mass is 486 g/mol. The molecular formula is C27H34N8O. The number of aliphatic hydroxyl groups excluding tert-OH is 1. The van der Waals surface area contributed by atoms with Gasteiger partial charge in [0.2, 0.25) is 0 Å². The maximum Gasteiger partial charge on any atom is 0.128 e. The van der Waals surface area contributed by atoms with Gasteiger partial charge in [0.15, 0.2) is 0 Å². The Kier molecular flexibility index (Phi) is 6.84. The van der Waals surface area contributed by atoms with Crippen molar-refractivity contribution in [1.82, 2.24) is 29.3 Å². The van der Waals surface area contributed by atoms with E-state index in [9.17, 15) is 5.11 Å². The van der Waals surface area contributed by atoms with Crippen molar-refractivity contribution >= 4 is 18.1 Å². The highest BCUT2D eigenvalue weighted by molar-refractivity contribution is 5.86. The van der Waals surface area contributed by atoms with Crippen molar-refractivity contribution in [3.8, 4) is 22.3 Å². The molecule has 1 atom stereocenters. The molecule has 1 aliphatic heterocycles. The smallest absolute Gasteiger partial charge is 0.128 e. The number of fused-ring (bicyclic) bond motifs is 1. The number of aromatic nitrogens is 5. The summed E-state index contributed by atoms with van der Waals surface area (Å²) in [6.07, 6.45) is 9.42. The third kappa shape index (κ3) is 4.89. The number of hydrogen-bond donors (Lipinski definition) is 1. The van der Waals surface area contributed by atoms with Crippen LogP contribution in [0.25, 0.3) is 27.8 Å². The first kappa shape index (κ1) is 24.1. The Balaban J connectivity index is 1.41. The number of β-amino-alcohol motifs (C(OH)–C–C–N with tert-alkyl or cyclic N) is 1. The molecule has 1 fully saturated rings. The number of aliphatic hydroxyl groups is 1. The van der Waals surface area contributed by atoms with E-state index in [1.54, 1.807) is 4.68 Å². The average molecular weight is 487 g/mol. The Bertz CT molecular complexity index is 1330. The molecule has 0 aromatic carbocycles. The van der Waals surface area contributed by atoms with E-state index in [1.165, 1.54) is 0 Å². The van der Waals surface area contributed by atoms with E-state index < -0.39 is 0 Å². The van der Waals surface area contributed by atoms with E-state index in [0.717, 1.165) is 71.9 Å². The Morgan fingerprint density at radius 3 is 2.44 bits per heavy atom. The summed E-state index contributed by atoms with van der Waals surface area (Å²) in [6, 6.07) is 6.41. The SMILES string of the molecule is C=NCc1cnn2cc(-c3cnn(C)c3)cc(-c3ccc(N4CCN(CC(O)C(C)C)CC4)nc3)c12. The van der Waals surface area contributed by atoms with Crippen LogP contribution >= 0.6 is 0 Å². The molecule has 36 heavy (non-hydrogen) atoms. The lowest BCUT2D eigenvalue weighted by Gasteiger charge is -2.36. The van der Waals surface area contributed by atoms with Gasteiger partial charge in [-0.2, -0.15) is 10.2 Å². The van der Waals surface area contributed by atoms with Gasteiger partial charge in [-0.05, 0) is 30.8 Å². The van der Waals surface area contributed by atoms with E-state index in [2.05, 4.69) is 63.8 Å². The zero-order chi connectivity index (χ0) is 25.2. The van der Waals surface area contributed by atoms with Gasteiger partial charge in [-0.1, -0.05) is 13.8 Å². The first-order valence-electron chi connectivity index (χ1n) is 12.5. The van der Waals surface area contributed by atoms with E-state index >= 15 is 0 Å². The van der Waals surface area contributed by atoms with Crippen LogP contribution in [0.15, 0.2) is 54.2 Å². The van der Waals surface area contributed by atoms with Crippen molar-refractivity contribution in [3.05, 3.63) is 54.7 Å². The summed E-state index contributed by atoms with van der Waals surface area (Å²) in [7, 11) is 1.92. The number of nitrogens with zero attached hydrogens (tertiary/aromatic N) is 8. The van der Waals surface area contributed by atoms with Crippen LogP contribution in [0, 0.1) is 5.92 Å². The Morgan fingerprint density at radius 1 is 1.00 bits per heavy atom. The normalized spacial score (nSPS) is 15.6. The Hall–Kier alpha value is -3.56. The zero-order valence-electron chi connectivity index (χ0n) is 21.2.